The quantitative estimate of drug-likeness (QED) is 0.501. The van der Waals surface area contributed by atoms with Crippen LogP contribution in [0.1, 0.15) is 20.3 Å². The number of amides is 2. The van der Waals surface area contributed by atoms with E-state index >= 15 is 0 Å². The first-order chi connectivity index (χ1) is 8.42. The molecule has 0 aromatic carbocycles. The van der Waals surface area contributed by atoms with Gasteiger partial charge in [0.1, 0.15) is 6.04 Å². The van der Waals surface area contributed by atoms with Crippen LogP contribution in [-0.2, 0) is 24.3 Å². The number of rotatable bonds is 6. The van der Waals surface area contributed by atoms with Crippen molar-refractivity contribution in [2.75, 3.05) is 25.5 Å². The van der Waals surface area contributed by atoms with E-state index in [0.717, 1.165) is 4.31 Å². The molecule has 1 aliphatic heterocycles. The largest absolute Gasteiger partial charge is 0.381 e. The molecule has 1 atom stereocenters. The number of imide groups is 1. The lowest BCUT2D eigenvalue weighted by Gasteiger charge is -2.32. The van der Waals surface area contributed by atoms with Crippen molar-refractivity contribution in [3.63, 3.8) is 0 Å². The van der Waals surface area contributed by atoms with E-state index in [4.69, 9.17) is 4.74 Å². The standard InChI is InChI=1S/C10H18N2O5S/c1-3-8-10(14)11-9(13)7-12(8)18(15,16)6-5-17-4-2/h8H,3-7H2,1-2H3,(H,11,13,14). The molecule has 0 bridgehead atoms. The lowest BCUT2D eigenvalue weighted by atomic mass is 10.2. The predicted octanol–water partition coefficient (Wildman–Crippen LogP) is -0.910. The molecule has 8 heteroatoms. The average Bonchev–Trinajstić information content (AvgIpc) is 2.28. The zero-order valence-corrected chi connectivity index (χ0v) is 11.3. The zero-order valence-electron chi connectivity index (χ0n) is 10.5. The van der Waals surface area contributed by atoms with Gasteiger partial charge in [0, 0.05) is 6.61 Å². The fraction of sp³-hybridized carbons (Fsp3) is 0.800. The second-order valence-electron chi connectivity index (χ2n) is 3.89. The van der Waals surface area contributed by atoms with Gasteiger partial charge in [-0.1, -0.05) is 6.92 Å². The Balaban J connectivity index is 2.82. The highest BCUT2D eigenvalue weighted by Gasteiger charge is 2.39. The molecule has 7 nitrogen and oxygen atoms in total. The number of nitrogens with zero attached hydrogens (tertiary/aromatic N) is 1. The molecule has 1 aliphatic rings. The van der Waals surface area contributed by atoms with Crippen LogP contribution in [0.3, 0.4) is 0 Å². The van der Waals surface area contributed by atoms with Crippen LogP contribution >= 0.6 is 0 Å². The van der Waals surface area contributed by atoms with E-state index in [1.807, 2.05) is 0 Å². The summed E-state index contributed by atoms with van der Waals surface area (Å²) in [4.78, 5) is 22.8. The first-order valence-electron chi connectivity index (χ1n) is 5.83. The number of sulfonamides is 1. The Labute approximate surface area is 107 Å². The van der Waals surface area contributed by atoms with Gasteiger partial charge in [-0.3, -0.25) is 14.9 Å². The van der Waals surface area contributed by atoms with Crippen LogP contribution in [0.4, 0.5) is 0 Å². The summed E-state index contributed by atoms with van der Waals surface area (Å²) in [6.45, 7) is 3.64. The highest BCUT2D eigenvalue weighted by atomic mass is 32.2. The highest BCUT2D eigenvalue weighted by molar-refractivity contribution is 7.89. The van der Waals surface area contributed by atoms with Crippen LogP contribution in [0.5, 0.6) is 0 Å². The molecule has 1 unspecified atom stereocenters. The van der Waals surface area contributed by atoms with Crippen LogP contribution in [0.25, 0.3) is 0 Å². The van der Waals surface area contributed by atoms with E-state index in [0.29, 0.717) is 13.0 Å². The molecule has 0 radical (unpaired) electrons. The number of hydrogen-bond donors (Lipinski definition) is 1. The van der Waals surface area contributed by atoms with Crippen molar-refractivity contribution in [2.24, 2.45) is 0 Å². The molecule has 1 heterocycles. The van der Waals surface area contributed by atoms with Crippen LogP contribution in [0.2, 0.25) is 0 Å². The van der Waals surface area contributed by atoms with Gasteiger partial charge in [-0.15, -0.1) is 0 Å². The van der Waals surface area contributed by atoms with E-state index in [1.54, 1.807) is 13.8 Å². The Morgan fingerprint density at radius 3 is 2.61 bits per heavy atom. The number of carbonyl (C=O) groups is 2. The van der Waals surface area contributed by atoms with Crippen molar-refractivity contribution in [1.82, 2.24) is 9.62 Å². The van der Waals surface area contributed by atoms with Crippen molar-refractivity contribution >= 4 is 21.8 Å². The van der Waals surface area contributed by atoms with Crippen LogP contribution in [-0.4, -0.2) is 56.1 Å². The molecule has 18 heavy (non-hydrogen) atoms. The van der Waals surface area contributed by atoms with Gasteiger partial charge in [-0.25, -0.2) is 8.42 Å². The molecule has 1 rings (SSSR count). The number of ether oxygens (including phenoxy) is 1. The van der Waals surface area contributed by atoms with Gasteiger partial charge >= 0.3 is 0 Å². The molecule has 1 saturated heterocycles. The first-order valence-corrected chi connectivity index (χ1v) is 7.44. The minimum absolute atomic E-state index is 0.0571. The molecule has 1 N–H and O–H groups in total. The fourth-order valence-electron chi connectivity index (χ4n) is 1.75. The molecule has 1 fully saturated rings. The summed E-state index contributed by atoms with van der Waals surface area (Å²) in [5.74, 6) is -1.38. The Morgan fingerprint density at radius 1 is 1.39 bits per heavy atom. The lowest BCUT2D eigenvalue weighted by Crippen LogP contribution is -2.59. The summed E-state index contributed by atoms with van der Waals surface area (Å²) in [6, 6.07) is -0.811. The van der Waals surface area contributed by atoms with Gasteiger partial charge in [0.25, 0.3) is 0 Å². The van der Waals surface area contributed by atoms with Gasteiger partial charge in [-0.05, 0) is 13.3 Å². The summed E-state index contributed by atoms with van der Waals surface area (Å²) in [7, 11) is -3.66. The second-order valence-corrected chi connectivity index (χ2v) is 5.94. The molecule has 104 valence electrons. The van der Waals surface area contributed by atoms with Gasteiger partial charge in [0.15, 0.2) is 0 Å². The Bertz CT molecular complexity index is 420. The normalized spacial score (nSPS) is 22.0. The summed E-state index contributed by atoms with van der Waals surface area (Å²) in [6.07, 6.45) is 0.326. The maximum atomic E-state index is 12.0. The first kappa shape index (κ1) is 15.1. The second kappa shape index (κ2) is 6.26. The van der Waals surface area contributed by atoms with E-state index in [1.165, 1.54) is 0 Å². The number of carbonyl (C=O) groups excluding carboxylic acids is 2. The zero-order chi connectivity index (χ0) is 13.8. The van der Waals surface area contributed by atoms with Gasteiger partial charge in [0.05, 0.1) is 18.9 Å². The van der Waals surface area contributed by atoms with Crippen molar-refractivity contribution in [3.8, 4) is 0 Å². The van der Waals surface area contributed by atoms with E-state index in [2.05, 4.69) is 5.32 Å². The van der Waals surface area contributed by atoms with Gasteiger partial charge in [0.2, 0.25) is 21.8 Å². The molecule has 0 spiro atoms. The minimum atomic E-state index is -3.66. The molecule has 2 amide bonds. The lowest BCUT2D eigenvalue weighted by molar-refractivity contribution is -0.137. The molecule has 0 aliphatic carbocycles. The van der Waals surface area contributed by atoms with Crippen molar-refractivity contribution < 1.29 is 22.7 Å². The Hall–Kier alpha value is -0.990. The Kier molecular flexibility index (Phi) is 5.24. The third kappa shape index (κ3) is 3.50. The summed E-state index contributed by atoms with van der Waals surface area (Å²) < 4.78 is 30.0. The predicted molar refractivity (Wildman–Crippen MR) is 64.2 cm³/mol. The van der Waals surface area contributed by atoms with Crippen LogP contribution in [0, 0.1) is 0 Å². The fourth-order valence-corrected chi connectivity index (χ4v) is 3.26. The number of nitrogens with one attached hydrogen (secondary N) is 1. The minimum Gasteiger partial charge on any atom is -0.381 e. The summed E-state index contributed by atoms with van der Waals surface area (Å²) >= 11 is 0. The van der Waals surface area contributed by atoms with Gasteiger partial charge in [-0.2, -0.15) is 4.31 Å². The molecule has 0 aromatic rings. The maximum absolute atomic E-state index is 12.0. The SMILES string of the molecule is CCOCCS(=O)(=O)N1CC(=O)NC(=O)C1CC. The third-order valence-electron chi connectivity index (χ3n) is 2.65. The summed E-state index contributed by atoms with van der Waals surface area (Å²) in [5, 5.41) is 2.13. The number of piperazine rings is 1. The topological polar surface area (TPSA) is 92.8 Å². The van der Waals surface area contributed by atoms with Crippen molar-refractivity contribution in [2.45, 2.75) is 26.3 Å². The van der Waals surface area contributed by atoms with Crippen LogP contribution in [0.15, 0.2) is 0 Å². The average molecular weight is 278 g/mol. The smallest absolute Gasteiger partial charge is 0.245 e. The summed E-state index contributed by atoms with van der Waals surface area (Å²) in [5.41, 5.74) is 0. The monoisotopic (exact) mass is 278 g/mol. The molecular weight excluding hydrogens is 260 g/mol. The van der Waals surface area contributed by atoms with Crippen molar-refractivity contribution in [1.29, 1.82) is 0 Å². The molecule has 0 aromatic heterocycles. The van der Waals surface area contributed by atoms with Gasteiger partial charge < -0.3 is 4.74 Å². The highest BCUT2D eigenvalue weighted by Crippen LogP contribution is 2.14. The Morgan fingerprint density at radius 2 is 2.06 bits per heavy atom. The molecular formula is C10H18N2O5S. The van der Waals surface area contributed by atoms with E-state index in [-0.39, 0.29) is 18.9 Å². The van der Waals surface area contributed by atoms with Crippen LogP contribution < -0.4 is 5.32 Å². The van der Waals surface area contributed by atoms with Crippen molar-refractivity contribution in [3.05, 3.63) is 0 Å². The maximum Gasteiger partial charge on any atom is 0.245 e. The van der Waals surface area contributed by atoms with E-state index in [9.17, 15) is 18.0 Å². The molecule has 0 saturated carbocycles. The third-order valence-corrected chi connectivity index (χ3v) is 4.43. The number of hydrogen-bond acceptors (Lipinski definition) is 5. The van der Waals surface area contributed by atoms with E-state index < -0.39 is 27.9 Å².